The lowest BCUT2D eigenvalue weighted by Gasteiger charge is -2.21. The van der Waals surface area contributed by atoms with Crippen molar-refractivity contribution in [3.8, 4) is 0 Å². The number of fused-ring (bicyclic) bond motifs is 1. The Hall–Kier alpha value is -3.14. The van der Waals surface area contributed by atoms with Crippen molar-refractivity contribution in [2.45, 2.75) is 48.9 Å². The van der Waals surface area contributed by atoms with Gasteiger partial charge >= 0.3 is 0 Å². The number of nitrogens with zero attached hydrogens (tertiary/aromatic N) is 1. The van der Waals surface area contributed by atoms with Crippen LogP contribution >= 0.6 is 11.8 Å². The van der Waals surface area contributed by atoms with Gasteiger partial charge in [-0.05, 0) is 59.4 Å². The second kappa shape index (κ2) is 9.85. The maximum Gasteiger partial charge on any atom is 0.266 e. The van der Waals surface area contributed by atoms with E-state index in [0.29, 0.717) is 16.9 Å². The number of imidazole rings is 1. The van der Waals surface area contributed by atoms with Crippen molar-refractivity contribution in [3.63, 3.8) is 0 Å². The van der Waals surface area contributed by atoms with Crippen LogP contribution in [0.1, 0.15) is 47.8 Å². The van der Waals surface area contributed by atoms with Crippen molar-refractivity contribution in [1.29, 1.82) is 0 Å². The minimum Gasteiger partial charge on any atom is -0.333 e. The number of nitrogens with one attached hydrogen (secondary N) is 3. The quantitative estimate of drug-likeness (QED) is 0.238. The SMILES string of the molecule is Cc1ccc(C(C)(C)C)cc1S(=O)(=O)NNC(=O)c1ccc(CSc2nc3ccccc3[nH]2)cc1. The van der Waals surface area contributed by atoms with Gasteiger partial charge in [0.05, 0.1) is 15.9 Å². The van der Waals surface area contributed by atoms with E-state index >= 15 is 0 Å². The third-order valence-electron chi connectivity index (χ3n) is 5.60. The molecule has 0 atom stereocenters. The number of carbonyl (C=O) groups excluding carboxylic acids is 1. The van der Waals surface area contributed by atoms with Crippen LogP contribution in [0, 0.1) is 6.92 Å². The molecule has 35 heavy (non-hydrogen) atoms. The van der Waals surface area contributed by atoms with Crippen LogP contribution in [0.5, 0.6) is 0 Å². The number of aromatic amines is 1. The number of sulfonamides is 1. The standard InChI is InChI=1S/C26H28N4O3S2/c1-17-9-14-20(26(2,3)4)15-23(17)35(32,33)30-29-24(31)19-12-10-18(11-13-19)16-34-25-27-21-7-5-6-8-22(21)28-25/h5-15,30H,16H2,1-4H3,(H,27,28)(H,29,31). The first-order valence-electron chi connectivity index (χ1n) is 11.1. The summed E-state index contributed by atoms with van der Waals surface area (Å²) in [6.07, 6.45) is 0. The molecule has 1 aromatic heterocycles. The Morgan fingerprint density at radius 3 is 2.43 bits per heavy atom. The van der Waals surface area contributed by atoms with E-state index in [2.05, 4.69) is 20.2 Å². The highest BCUT2D eigenvalue weighted by molar-refractivity contribution is 7.98. The molecule has 1 heterocycles. The van der Waals surface area contributed by atoms with Crippen molar-refractivity contribution >= 4 is 38.7 Å². The zero-order valence-electron chi connectivity index (χ0n) is 20.0. The molecule has 1 amide bonds. The van der Waals surface area contributed by atoms with Gasteiger partial charge in [-0.3, -0.25) is 10.2 Å². The van der Waals surface area contributed by atoms with Crippen LogP contribution in [0.25, 0.3) is 11.0 Å². The molecule has 0 aliphatic carbocycles. The Kier molecular flexibility index (Phi) is 7.02. The summed E-state index contributed by atoms with van der Waals surface area (Å²) in [6, 6.07) is 20.2. The number of H-pyrrole nitrogens is 1. The second-order valence-corrected chi connectivity index (χ2v) is 11.9. The minimum atomic E-state index is -3.93. The van der Waals surface area contributed by atoms with Crippen LogP contribution in [0.2, 0.25) is 0 Å². The number of hydrazine groups is 1. The second-order valence-electron chi connectivity index (χ2n) is 9.33. The van der Waals surface area contributed by atoms with Crippen molar-refractivity contribution in [1.82, 2.24) is 20.2 Å². The Morgan fingerprint density at radius 1 is 1.03 bits per heavy atom. The maximum atomic E-state index is 12.9. The molecule has 0 bridgehead atoms. The Balaban J connectivity index is 1.37. The summed E-state index contributed by atoms with van der Waals surface area (Å²) in [4.78, 5) is 22.8. The summed E-state index contributed by atoms with van der Waals surface area (Å²) < 4.78 is 25.7. The van der Waals surface area contributed by atoms with E-state index in [9.17, 15) is 13.2 Å². The summed E-state index contributed by atoms with van der Waals surface area (Å²) in [5.41, 5.74) is 6.89. The number of para-hydroxylation sites is 2. The van der Waals surface area contributed by atoms with Gasteiger partial charge in [-0.1, -0.05) is 68.9 Å². The van der Waals surface area contributed by atoms with E-state index in [1.54, 1.807) is 43.0 Å². The molecule has 4 aromatic rings. The number of amides is 1. The highest BCUT2D eigenvalue weighted by Gasteiger charge is 2.22. The van der Waals surface area contributed by atoms with E-state index < -0.39 is 15.9 Å². The molecule has 4 rings (SSSR count). The van der Waals surface area contributed by atoms with Crippen molar-refractivity contribution in [2.75, 3.05) is 0 Å². The van der Waals surface area contributed by atoms with Gasteiger partial charge in [0.15, 0.2) is 5.16 Å². The fourth-order valence-corrected chi connectivity index (χ4v) is 5.45. The average molecular weight is 509 g/mol. The molecule has 0 radical (unpaired) electrons. The highest BCUT2D eigenvalue weighted by atomic mass is 32.2. The number of aromatic nitrogens is 2. The van der Waals surface area contributed by atoms with Gasteiger partial charge in [-0.25, -0.2) is 13.4 Å². The molecular weight excluding hydrogens is 480 g/mol. The van der Waals surface area contributed by atoms with Gasteiger partial charge in [0.25, 0.3) is 15.9 Å². The summed E-state index contributed by atoms with van der Waals surface area (Å²) in [7, 11) is -3.93. The first-order chi connectivity index (χ1) is 16.5. The number of hydrogen-bond donors (Lipinski definition) is 3. The summed E-state index contributed by atoms with van der Waals surface area (Å²) in [5.74, 6) is 0.146. The number of carbonyl (C=O) groups is 1. The molecular formula is C26H28N4O3S2. The van der Waals surface area contributed by atoms with E-state index in [0.717, 1.165) is 27.3 Å². The largest absolute Gasteiger partial charge is 0.333 e. The predicted molar refractivity (Wildman–Crippen MR) is 140 cm³/mol. The molecule has 0 aliphatic heterocycles. The average Bonchev–Trinajstić information content (AvgIpc) is 3.24. The van der Waals surface area contributed by atoms with Crippen LogP contribution in [0.15, 0.2) is 76.8 Å². The molecule has 0 spiro atoms. The van der Waals surface area contributed by atoms with Crippen molar-refractivity contribution < 1.29 is 13.2 Å². The molecule has 0 saturated carbocycles. The molecule has 0 aliphatic rings. The van der Waals surface area contributed by atoms with E-state index in [-0.39, 0.29) is 10.3 Å². The number of aryl methyl sites for hydroxylation is 1. The van der Waals surface area contributed by atoms with Gasteiger partial charge in [0, 0.05) is 11.3 Å². The van der Waals surface area contributed by atoms with Gasteiger partial charge in [0.1, 0.15) is 0 Å². The number of thioether (sulfide) groups is 1. The Bertz CT molecular complexity index is 1440. The Morgan fingerprint density at radius 2 is 1.74 bits per heavy atom. The first kappa shape index (κ1) is 25.0. The molecule has 9 heteroatoms. The fourth-order valence-electron chi connectivity index (χ4n) is 3.50. The monoisotopic (exact) mass is 508 g/mol. The zero-order chi connectivity index (χ0) is 25.2. The third-order valence-corrected chi connectivity index (χ3v) is 7.94. The summed E-state index contributed by atoms with van der Waals surface area (Å²) >= 11 is 1.57. The van der Waals surface area contributed by atoms with Crippen LogP contribution in [-0.2, 0) is 21.2 Å². The Labute approximate surface area is 209 Å². The smallest absolute Gasteiger partial charge is 0.266 e. The lowest BCUT2D eigenvalue weighted by Crippen LogP contribution is -2.41. The molecule has 3 N–H and O–H groups in total. The summed E-state index contributed by atoms with van der Waals surface area (Å²) in [5, 5.41) is 0.827. The van der Waals surface area contributed by atoms with Gasteiger partial charge < -0.3 is 4.98 Å². The maximum absolute atomic E-state index is 12.9. The topological polar surface area (TPSA) is 104 Å². The lowest BCUT2D eigenvalue weighted by molar-refractivity contribution is 0.0945. The van der Waals surface area contributed by atoms with Crippen LogP contribution in [0.4, 0.5) is 0 Å². The van der Waals surface area contributed by atoms with Gasteiger partial charge in [-0.2, -0.15) is 0 Å². The fraction of sp³-hybridized carbons (Fsp3) is 0.231. The minimum absolute atomic E-state index is 0.142. The van der Waals surface area contributed by atoms with Crippen LogP contribution in [-0.4, -0.2) is 24.3 Å². The lowest BCUT2D eigenvalue weighted by atomic mass is 9.87. The molecule has 0 unspecified atom stereocenters. The summed E-state index contributed by atoms with van der Waals surface area (Å²) in [6.45, 7) is 7.78. The van der Waals surface area contributed by atoms with Crippen LogP contribution in [0.3, 0.4) is 0 Å². The normalized spacial score (nSPS) is 12.1. The zero-order valence-corrected chi connectivity index (χ0v) is 21.7. The number of benzene rings is 3. The molecule has 0 saturated heterocycles. The molecule has 0 fully saturated rings. The first-order valence-corrected chi connectivity index (χ1v) is 13.6. The highest BCUT2D eigenvalue weighted by Crippen LogP contribution is 2.26. The number of rotatable bonds is 7. The van der Waals surface area contributed by atoms with Crippen molar-refractivity contribution in [3.05, 3.63) is 89.0 Å². The molecule has 3 aromatic carbocycles. The van der Waals surface area contributed by atoms with E-state index in [1.165, 1.54) is 0 Å². The van der Waals surface area contributed by atoms with E-state index in [1.807, 2.05) is 63.2 Å². The van der Waals surface area contributed by atoms with Crippen molar-refractivity contribution in [2.24, 2.45) is 0 Å². The van der Waals surface area contributed by atoms with E-state index in [4.69, 9.17) is 0 Å². The van der Waals surface area contributed by atoms with Crippen LogP contribution < -0.4 is 10.3 Å². The molecule has 7 nitrogen and oxygen atoms in total. The van der Waals surface area contributed by atoms with Gasteiger partial charge in [-0.15, -0.1) is 4.83 Å². The predicted octanol–water partition coefficient (Wildman–Crippen LogP) is 5.08. The molecule has 182 valence electrons. The number of hydrogen-bond acceptors (Lipinski definition) is 5. The van der Waals surface area contributed by atoms with Gasteiger partial charge in [0.2, 0.25) is 0 Å². The third kappa shape index (κ3) is 5.93.